The van der Waals surface area contributed by atoms with Gasteiger partial charge >= 0.3 is 0 Å². The van der Waals surface area contributed by atoms with Crippen molar-refractivity contribution in [2.75, 3.05) is 6.79 Å². The number of benzene rings is 1. The van der Waals surface area contributed by atoms with Crippen molar-refractivity contribution in [2.45, 2.75) is 19.8 Å². The van der Waals surface area contributed by atoms with Gasteiger partial charge in [0.15, 0.2) is 11.5 Å². The van der Waals surface area contributed by atoms with Gasteiger partial charge in [-0.2, -0.15) is 5.10 Å². The van der Waals surface area contributed by atoms with Gasteiger partial charge in [-0.25, -0.2) is 5.43 Å². The van der Waals surface area contributed by atoms with Crippen LogP contribution in [0.3, 0.4) is 0 Å². The van der Waals surface area contributed by atoms with E-state index in [9.17, 15) is 4.79 Å². The third-order valence-corrected chi connectivity index (χ3v) is 4.60. The van der Waals surface area contributed by atoms with Crippen molar-refractivity contribution in [2.24, 2.45) is 5.10 Å². The molecule has 0 aliphatic carbocycles. The summed E-state index contributed by atoms with van der Waals surface area (Å²) in [5.74, 6) is 0.985. The first-order valence-corrected chi connectivity index (χ1v) is 8.43. The maximum atomic E-state index is 12.0. The monoisotopic (exact) mass is 350 g/mol. The number of hydrogen-bond donors (Lipinski definition) is 1. The third-order valence-electron chi connectivity index (χ3n) is 3.27. The van der Waals surface area contributed by atoms with E-state index >= 15 is 0 Å². The Bertz CT molecular complexity index is 758. The molecule has 0 fully saturated rings. The number of nitrogens with one attached hydrogen (secondary N) is 1. The van der Waals surface area contributed by atoms with Crippen molar-refractivity contribution in [1.29, 1.82) is 0 Å². The number of thiophene rings is 1. The maximum absolute atomic E-state index is 12.0. The van der Waals surface area contributed by atoms with E-state index in [1.807, 2.05) is 11.4 Å². The number of hydrogen-bond acceptors (Lipinski definition) is 5. The highest BCUT2D eigenvalue weighted by Gasteiger charge is 2.15. The van der Waals surface area contributed by atoms with Gasteiger partial charge in [0.25, 0.3) is 5.91 Å². The number of ether oxygens (including phenoxy) is 2. The highest BCUT2D eigenvalue weighted by molar-refractivity contribution is 7.10. The van der Waals surface area contributed by atoms with Crippen LogP contribution in [0.4, 0.5) is 0 Å². The van der Waals surface area contributed by atoms with E-state index in [1.165, 1.54) is 11.1 Å². The highest BCUT2D eigenvalue weighted by atomic mass is 35.5. The summed E-state index contributed by atoms with van der Waals surface area (Å²) in [4.78, 5) is 13.2. The van der Waals surface area contributed by atoms with Crippen molar-refractivity contribution in [3.05, 3.63) is 44.6 Å². The predicted molar refractivity (Wildman–Crippen MR) is 90.9 cm³/mol. The Labute approximate surface area is 142 Å². The number of rotatable bonds is 5. The van der Waals surface area contributed by atoms with E-state index < -0.39 is 0 Å². The van der Waals surface area contributed by atoms with Crippen molar-refractivity contribution < 1.29 is 14.3 Å². The van der Waals surface area contributed by atoms with Gasteiger partial charge < -0.3 is 9.47 Å². The molecule has 0 saturated heterocycles. The largest absolute Gasteiger partial charge is 0.454 e. The molecule has 1 aliphatic rings. The van der Waals surface area contributed by atoms with Crippen LogP contribution in [-0.2, 0) is 6.42 Å². The molecule has 0 radical (unpaired) electrons. The molecule has 1 aromatic carbocycles. The number of amides is 1. The van der Waals surface area contributed by atoms with E-state index in [0.29, 0.717) is 27.6 Å². The standard InChI is InChI=1S/C16H15ClN2O3S/c1-2-3-12-4-11(8-23-12)16(20)19-18-7-10-5-14-15(6-13(10)17)22-9-21-14/h4-8H,2-3,9H2,1H3,(H,19,20). The van der Waals surface area contributed by atoms with Gasteiger partial charge in [-0.3, -0.25) is 4.79 Å². The van der Waals surface area contributed by atoms with Crippen LogP contribution in [0.25, 0.3) is 0 Å². The molecule has 3 rings (SSSR count). The van der Waals surface area contributed by atoms with Crippen LogP contribution in [0, 0.1) is 0 Å². The topological polar surface area (TPSA) is 59.9 Å². The van der Waals surface area contributed by atoms with Crippen LogP contribution in [0.2, 0.25) is 5.02 Å². The number of aryl methyl sites for hydroxylation is 1. The van der Waals surface area contributed by atoms with E-state index in [1.54, 1.807) is 23.5 Å². The lowest BCUT2D eigenvalue weighted by Crippen LogP contribution is -2.16. The zero-order chi connectivity index (χ0) is 16.2. The van der Waals surface area contributed by atoms with E-state index in [2.05, 4.69) is 17.5 Å². The zero-order valence-electron chi connectivity index (χ0n) is 12.5. The Morgan fingerprint density at radius 1 is 1.39 bits per heavy atom. The molecule has 2 heterocycles. The minimum absolute atomic E-state index is 0.182. The summed E-state index contributed by atoms with van der Waals surface area (Å²) in [6.45, 7) is 2.29. The van der Waals surface area contributed by atoms with Gasteiger partial charge in [-0.05, 0) is 18.6 Å². The number of halogens is 1. The minimum atomic E-state index is -0.239. The Morgan fingerprint density at radius 3 is 2.96 bits per heavy atom. The number of nitrogens with zero attached hydrogens (tertiary/aromatic N) is 1. The van der Waals surface area contributed by atoms with Crippen LogP contribution in [0.1, 0.15) is 34.1 Å². The number of hydrazone groups is 1. The smallest absolute Gasteiger partial charge is 0.272 e. The normalized spacial score (nSPS) is 12.8. The van der Waals surface area contributed by atoms with Crippen molar-refractivity contribution >= 4 is 35.1 Å². The first kappa shape index (κ1) is 15.8. The lowest BCUT2D eigenvalue weighted by atomic mass is 10.2. The Kier molecular flexibility index (Phi) is 4.83. The molecule has 120 valence electrons. The third kappa shape index (κ3) is 3.65. The van der Waals surface area contributed by atoms with Crippen LogP contribution < -0.4 is 14.9 Å². The van der Waals surface area contributed by atoms with Gasteiger partial charge in [-0.15, -0.1) is 11.3 Å². The predicted octanol–water partition coefficient (Wildman–Crippen LogP) is 3.85. The van der Waals surface area contributed by atoms with E-state index in [-0.39, 0.29) is 12.7 Å². The molecule has 23 heavy (non-hydrogen) atoms. The van der Waals surface area contributed by atoms with Gasteiger partial charge in [0.2, 0.25) is 6.79 Å². The second-order valence-corrected chi connectivity index (χ2v) is 6.38. The van der Waals surface area contributed by atoms with Crippen LogP contribution in [-0.4, -0.2) is 18.9 Å². The summed E-state index contributed by atoms with van der Waals surface area (Å²) in [6, 6.07) is 5.29. The number of carbonyl (C=O) groups excluding carboxylic acids is 1. The maximum Gasteiger partial charge on any atom is 0.272 e. The van der Waals surface area contributed by atoms with Gasteiger partial charge in [0.05, 0.1) is 16.8 Å². The molecule has 5 nitrogen and oxygen atoms in total. The fraction of sp³-hybridized carbons (Fsp3) is 0.250. The summed E-state index contributed by atoms with van der Waals surface area (Å²) in [7, 11) is 0. The van der Waals surface area contributed by atoms with Crippen molar-refractivity contribution in [1.82, 2.24) is 5.43 Å². The molecule has 1 aliphatic heterocycles. The van der Waals surface area contributed by atoms with Crippen LogP contribution in [0.5, 0.6) is 11.5 Å². The average Bonchev–Trinajstić information content (AvgIpc) is 3.16. The van der Waals surface area contributed by atoms with Gasteiger partial charge in [0.1, 0.15) is 0 Å². The summed E-state index contributed by atoms with van der Waals surface area (Å²) in [5, 5.41) is 6.28. The van der Waals surface area contributed by atoms with Crippen LogP contribution in [0.15, 0.2) is 28.7 Å². The molecule has 0 unspecified atom stereocenters. The molecule has 0 saturated carbocycles. The molecule has 0 spiro atoms. The molecular formula is C16H15ClN2O3S. The lowest BCUT2D eigenvalue weighted by molar-refractivity contribution is 0.0955. The number of carbonyl (C=O) groups is 1. The minimum Gasteiger partial charge on any atom is -0.454 e. The van der Waals surface area contributed by atoms with Gasteiger partial charge in [-0.1, -0.05) is 24.9 Å². The summed E-state index contributed by atoms with van der Waals surface area (Å²) in [6.07, 6.45) is 3.53. The Morgan fingerprint density at radius 2 is 2.17 bits per heavy atom. The fourth-order valence-corrected chi connectivity index (χ4v) is 3.31. The Balaban J connectivity index is 1.65. The quantitative estimate of drug-likeness (QED) is 0.658. The molecule has 0 bridgehead atoms. The van der Waals surface area contributed by atoms with Crippen molar-refractivity contribution in [3.8, 4) is 11.5 Å². The number of fused-ring (bicyclic) bond motifs is 1. The molecule has 1 N–H and O–H groups in total. The lowest BCUT2D eigenvalue weighted by Gasteiger charge is -2.01. The summed E-state index contributed by atoms with van der Waals surface area (Å²) in [5.41, 5.74) is 3.77. The first-order chi connectivity index (χ1) is 11.2. The molecule has 1 amide bonds. The fourth-order valence-electron chi connectivity index (χ4n) is 2.13. The SMILES string of the molecule is CCCc1cc(C(=O)NN=Cc2cc3c(cc2Cl)OCO3)cs1. The molecule has 2 aromatic rings. The van der Waals surface area contributed by atoms with E-state index in [0.717, 1.165) is 12.8 Å². The summed E-state index contributed by atoms with van der Waals surface area (Å²) < 4.78 is 10.5. The molecule has 1 aromatic heterocycles. The molecule has 7 heteroatoms. The zero-order valence-corrected chi connectivity index (χ0v) is 14.0. The second kappa shape index (κ2) is 7.02. The molecule has 0 atom stereocenters. The van der Waals surface area contributed by atoms with Crippen molar-refractivity contribution in [3.63, 3.8) is 0 Å². The average molecular weight is 351 g/mol. The van der Waals surface area contributed by atoms with Crippen LogP contribution >= 0.6 is 22.9 Å². The first-order valence-electron chi connectivity index (χ1n) is 7.17. The molecular weight excluding hydrogens is 336 g/mol. The summed E-state index contributed by atoms with van der Waals surface area (Å²) >= 11 is 7.72. The second-order valence-electron chi connectivity index (χ2n) is 4.98. The Hall–Kier alpha value is -2.05. The van der Waals surface area contributed by atoms with E-state index in [4.69, 9.17) is 21.1 Å². The highest BCUT2D eigenvalue weighted by Crippen LogP contribution is 2.36. The van der Waals surface area contributed by atoms with Gasteiger partial charge in [0, 0.05) is 21.9 Å².